The van der Waals surface area contributed by atoms with Crippen molar-refractivity contribution in [2.75, 3.05) is 6.61 Å². The molecule has 1 aromatic rings. The maximum atomic E-state index is 13.0. The molecule has 2 unspecified atom stereocenters. The lowest BCUT2D eigenvalue weighted by atomic mass is 9.89. The maximum absolute atomic E-state index is 13.0. The van der Waals surface area contributed by atoms with Crippen LogP contribution in [-0.2, 0) is 9.53 Å². The number of ether oxygens (including phenoxy) is 2. The van der Waals surface area contributed by atoms with E-state index in [1.165, 1.54) is 12.8 Å². The number of carbonyl (C=O) groups is 2. The van der Waals surface area contributed by atoms with Crippen molar-refractivity contribution in [1.29, 1.82) is 0 Å². The fourth-order valence-corrected chi connectivity index (χ4v) is 3.80. The van der Waals surface area contributed by atoms with Crippen molar-refractivity contribution in [2.45, 2.75) is 57.6 Å². The summed E-state index contributed by atoms with van der Waals surface area (Å²) in [5.41, 5.74) is 1.16. The van der Waals surface area contributed by atoms with E-state index in [1.54, 1.807) is 0 Å². The summed E-state index contributed by atoms with van der Waals surface area (Å²) in [4.78, 5) is 25.0. The van der Waals surface area contributed by atoms with Crippen LogP contribution in [0.15, 0.2) is 36.5 Å². The largest absolute Gasteiger partial charge is 0.494 e. The first-order chi connectivity index (χ1) is 13.1. The number of rotatable bonds is 5. The normalized spacial score (nSPS) is 23.7. The topological polar surface area (TPSA) is 76.7 Å². The summed E-state index contributed by atoms with van der Waals surface area (Å²) in [7, 11) is 0. The van der Waals surface area contributed by atoms with Gasteiger partial charge in [0.25, 0.3) is 0 Å². The Bertz CT molecular complexity index is 695. The minimum Gasteiger partial charge on any atom is -0.494 e. The van der Waals surface area contributed by atoms with Gasteiger partial charge in [0, 0.05) is 5.70 Å². The maximum Gasteiger partial charge on any atom is 0.319 e. The molecule has 6 nitrogen and oxygen atoms in total. The number of nitrogens with one attached hydrogen (secondary N) is 2. The van der Waals surface area contributed by atoms with Gasteiger partial charge in [-0.2, -0.15) is 0 Å². The van der Waals surface area contributed by atoms with Gasteiger partial charge >= 0.3 is 12.0 Å². The predicted octanol–water partition coefficient (Wildman–Crippen LogP) is 3.84. The Labute approximate surface area is 160 Å². The Hall–Kier alpha value is -2.50. The van der Waals surface area contributed by atoms with Crippen LogP contribution in [0.5, 0.6) is 5.75 Å². The van der Waals surface area contributed by atoms with Crippen molar-refractivity contribution < 1.29 is 19.1 Å². The van der Waals surface area contributed by atoms with E-state index in [1.807, 2.05) is 31.2 Å². The molecule has 1 aliphatic carbocycles. The zero-order valence-electron chi connectivity index (χ0n) is 15.8. The smallest absolute Gasteiger partial charge is 0.319 e. The molecule has 2 aliphatic rings. The predicted molar refractivity (Wildman–Crippen MR) is 102 cm³/mol. The monoisotopic (exact) mass is 372 g/mol. The van der Waals surface area contributed by atoms with E-state index in [2.05, 4.69) is 17.2 Å². The Morgan fingerprint density at radius 2 is 1.96 bits per heavy atom. The number of carbonyl (C=O) groups excluding carboxylic acids is 2. The van der Waals surface area contributed by atoms with E-state index in [0.717, 1.165) is 31.2 Å². The first-order valence-corrected chi connectivity index (χ1v) is 9.78. The third-order valence-electron chi connectivity index (χ3n) is 5.14. The average molecular weight is 372 g/mol. The number of hydrogen-bond acceptors (Lipinski definition) is 4. The molecule has 0 bridgehead atoms. The van der Waals surface area contributed by atoms with Gasteiger partial charge in [0.15, 0.2) is 0 Å². The highest BCUT2D eigenvalue weighted by Gasteiger charge is 2.39. The molecule has 27 heavy (non-hydrogen) atoms. The molecule has 0 radical (unpaired) electrons. The molecule has 1 saturated carbocycles. The molecule has 2 N–H and O–H groups in total. The summed E-state index contributed by atoms with van der Waals surface area (Å²) in [6, 6.07) is 6.51. The Morgan fingerprint density at radius 1 is 1.22 bits per heavy atom. The van der Waals surface area contributed by atoms with E-state index < -0.39 is 12.0 Å². The molecular weight excluding hydrogens is 344 g/mol. The summed E-state index contributed by atoms with van der Waals surface area (Å²) < 4.78 is 11.4. The SMILES string of the molecule is C=C1NC(=O)NC(c2cccc(OCC)c2)C1C(=O)OC1CCCCCC1. The Kier molecular flexibility index (Phi) is 6.37. The summed E-state index contributed by atoms with van der Waals surface area (Å²) in [5, 5.41) is 5.47. The van der Waals surface area contributed by atoms with E-state index in [4.69, 9.17) is 9.47 Å². The van der Waals surface area contributed by atoms with Crippen LogP contribution in [0, 0.1) is 5.92 Å². The molecule has 146 valence electrons. The molecule has 6 heteroatoms. The van der Waals surface area contributed by atoms with Crippen LogP contribution in [0.1, 0.15) is 57.1 Å². The molecule has 1 heterocycles. The molecule has 2 fully saturated rings. The van der Waals surface area contributed by atoms with Crippen LogP contribution in [0.3, 0.4) is 0 Å². The van der Waals surface area contributed by atoms with Crippen LogP contribution in [0.4, 0.5) is 4.79 Å². The summed E-state index contributed by atoms with van der Waals surface area (Å²) in [6.07, 6.45) is 6.28. The van der Waals surface area contributed by atoms with Crippen LogP contribution in [-0.4, -0.2) is 24.7 Å². The lowest BCUT2D eigenvalue weighted by Crippen LogP contribution is -2.51. The van der Waals surface area contributed by atoms with Gasteiger partial charge in [-0.15, -0.1) is 0 Å². The van der Waals surface area contributed by atoms with E-state index >= 15 is 0 Å². The first-order valence-electron chi connectivity index (χ1n) is 9.78. The van der Waals surface area contributed by atoms with Crippen LogP contribution in [0.2, 0.25) is 0 Å². The number of hydrogen-bond donors (Lipinski definition) is 2. The number of esters is 1. The molecule has 1 saturated heterocycles. The standard InChI is InChI=1S/C21H28N2O4/c1-3-26-17-12-8-9-15(13-17)19-18(14(2)22-21(25)23-19)20(24)27-16-10-6-4-5-7-11-16/h8-9,12-13,16,18-19H,2-7,10-11H2,1H3,(H2,22,23,25). The van der Waals surface area contributed by atoms with Gasteiger partial charge in [-0.3, -0.25) is 4.79 Å². The average Bonchev–Trinajstić information content (AvgIpc) is 2.90. The fourth-order valence-electron chi connectivity index (χ4n) is 3.80. The van der Waals surface area contributed by atoms with Crippen molar-refractivity contribution in [1.82, 2.24) is 10.6 Å². The van der Waals surface area contributed by atoms with Crippen molar-refractivity contribution in [3.63, 3.8) is 0 Å². The molecule has 3 rings (SSSR count). The zero-order valence-corrected chi connectivity index (χ0v) is 15.8. The highest BCUT2D eigenvalue weighted by Crippen LogP contribution is 2.33. The van der Waals surface area contributed by atoms with E-state index in [0.29, 0.717) is 18.1 Å². The van der Waals surface area contributed by atoms with Crippen molar-refractivity contribution in [3.8, 4) is 5.75 Å². The van der Waals surface area contributed by atoms with Gasteiger partial charge in [0.05, 0.1) is 12.6 Å². The lowest BCUT2D eigenvalue weighted by molar-refractivity contribution is -0.154. The summed E-state index contributed by atoms with van der Waals surface area (Å²) >= 11 is 0. The molecule has 0 aromatic heterocycles. The number of amides is 2. The van der Waals surface area contributed by atoms with Gasteiger partial charge in [-0.25, -0.2) is 4.79 Å². The number of urea groups is 1. The van der Waals surface area contributed by atoms with Crippen LogP contribution < -0.4 is 15.4 Å². The van der Waals surface area contributed by atoms with Crippen molar-refractivity contribution in [2.24, 2.45) is 5.92 Å². The van der Waals surface area contributed by atoms with Crippen molar-refractivity contribution >= 4 is 12.0 Å². The second-order valence-corrected chi connectivity index (χ2v) is 7.14. The van der Waals surface area contributed by atoms with Crippen LogP contribution in [0.25, 0.3) is 0 Å². The Balaban J connectivity index is 1.81. The fraction of sp³-hybridized carbons (Fsp3) is 0.524. The van der Waals surface area contributed by atoms with Crippen LogP contribution >= 0.6 is 0 Å². The minimum atomic E-state index is -0.678. The second kappa shape index (κ2) is 8.93. The molecule has 0 spiro atoms. The molecule has 1 aromatic carbocycles. The van der Waals surface area contributed by atoms with E-state index in [-0.39, 0.29) is 18.1 Å². The molecule has 2 amide bonds. The van der Waals surface area contributed by atoms with Gasteiger partial charge in [-0.05, 0) is 50.3 Å². The van der Waals surface area contributed by atoms with Gasteiger partial charge in [0.1, 0.15) is 17.8 Å². The Morgan fingerprint density at radius 3 is 2.67 bits per heavy atom. The third-order valence-corrected chi connectivity index (χ3v) is 5.14. The highest BCUT2D eigenvalue weighted by atomic mass is 16.5. The zero-order chi connectivity index (χ0) is 19.2. The minimum absolute atomic E-state index is 0.0548. The second-order valence-electron chi connectivity index (χ2n) is 7.14. The molecule has 1 aliphatic heterocycles. The lowest BCUT2D eigenvalue weighted by Gasteiger charge is -2.34. The van der Waals surface area contributed by atoms with Crippen molar-refractivity contribution in [3.05, 3.63) is 42.1 Å². The molecule has 2 atom stereocenters. The highest BCUT2D eigenvalue weighted by molar-refractivity contribution is 5.85. The van der Waals surface area contributed by atoms with Gasteiger partial charge < -0.3 is 20.1 Å². The summed E-state index contributed by atoms with van der Waals surface area (Å²) in [5.74, 6) is -0.321. The number of benzene rings is 1. The third kappa shape index (κ3) is 4.81. The van der Waals surface area contributed by atoms with Gasteiger partial charge in [-0.1, -0.05) is 31.6 Å². The first kappa shape index (κ1) is 19.3. The molecular formula is C21H28N2O4. The summed E-state index contributed by atoms with van der Waals surface area (Å²) in [6.45, 7) is 6.36. The van der Waals surface area contributed by atoms with Gasteiger partial charge in [0.2, 0.25) is 0 Å². The quantitative estimate of drug-likeness (QED) is 0.608. The van der Waals surface area contributed by atoms with E-state index in [9.17, 15) is 9.59 Å².